The summed E-state index contributed by atoms with van der Waals surface area (Å²) in [5, 5.41) is 3.09. The van der Waals surface area contributed by atoms with Crippen molar-refractivity contribution < 1.29 is 0 Å². The van der Waals surface area contributed by atoms with E-state index in [0.717, 1.165) is 11.4 Å². The molecule has 2 N–H and O–H groups in total. The smallest absolute Gasteiger partial charge is 0.252 e. The number of hydrogen-bond donors (Lipinski definition) is 2. The number of benzene rings is 1. The van der Waals surface area contributed by atoms with Gasteiger partial charge in [-0.05, 0) is 12.1 Å². The Labute approximate surface area is 106 Å². The molecule has 0 aliphatic carbocycles. The lowest BCUT2D eigenvalue weighted by Gasteiger charge is -2.18. The minimum Gasteiger partial charge on any atom is -0.326 e. The molecule has 0 aliphatic heterocycles. The summed E-state index contributed by atoms with van der Waals surface area (Å²) in [6.45, 7) is 6.09. The van der Waals surface area contributed by atoms with Crippen LogP contribution in [0.2, 0.25) is 0 Å². The highest BCUT2D eigenvalue weighted by molar-refractivity contribution is 5.52. The first-order chi connectivity index (χ1) is 8.45. The van der Waals surface area contributed by atoms with Crippen LogP contribution >= 0.6 is 0 Å². The van der Waals surface area contributed by atoms with Crippen LogP contribution in [0.4, 0.5) is 11.6 Å². The molecule has 0 spiro atoms. The number of para-hydroxylation sites is 1. The molecule has 0 bridgehead atoms. The summed E-state index contributed by atoms with van der Waals surface area (Å²) in [7, 11) is 0. The number of nitrogens with one attached hydrogen (secondary N) is 2. The molecule has 2 aromatic rings. The zero-order chi connectivity index (χ0) is 13.2. The van der Waals surface area contributed by atoms with E-state index in [0.29, 0.717) is 5.95 Å². The molecule has 0 radical (unpaired) electrons. The molecular formula is C14H17N3O. The summed E-state index contributed by atoms with van der Waals surface area (Å²) in [6.07, 6.45) is 0. The van der Waals surface area contributed by atoms with Crippen molar-refractivity contribution in [2.75, 3.05) is 5.32 Å². The number of nitrogens with zero attached hydrogens (tertiary/aromatic N) is 1. The predicted molar refractivity (Wildman–Crippen MR) is 73.3 cm³/mol. The first-order valence-corrected chi connectivity index (χ1v) is 5.89. The highest BCUT2D eigenvalue weighted by Gasteiger charge is 2.17. The van der Waals surface area contributed by atoms with Crippen LogP contribution in [-0.2, 0) is 5.41 Å². The van der Waals surface area contributed by atoms with E-state index < -0.39 is 0 Å². The summed E-state index contributed by atoms with van der Waals surface area (Å²) in [5.41, 5.74) is 1.37. The van der Waals surface area contributed by atoms with E-state index in [1.54, 1.807) is 0 Å². The third-order valence-corrected chi connectivity index (χ3v) is 2.55. The van der Waals surface area contributed by atoms with Gasteiger partial charge >= 0.3 is 0 Å². The lowest BCUT2D eigenvalue weighted by Crippen LogP contribution is -2.20. The molecule has 18 heavy (non-hydrogen) atoms. The molecule has 0 saturated carbocycles. The van der Waals surface area contributed by atoms with Gasteiger partial charge in [0.25, 0.3) is 5.56 Å². The van der Waals surface area contributed by atoms with E-state index in [1.807, 2.05) is 51.1 Å². The van der Waals surface area contributed by atoms with Crippen LogP contribution < -0.4 is 10.9 Å². The lowest BCUT2D eigenvalue weighted by atomic mass is 9.92. The molecule has 0 saturated heterocycles. The van der Waals surface area contributed by atoms with Crippen molar-refractivity contribution in [1.82, 2.24) is 9.97 Å². The SMILES string of the molecule is CC(C)(C)c1cc(=O)[nH]c(Nc2ccccc2)n1. The van der Waals surface area contributed by atoms with Gasteiger partial charge < -0.3 is 5.32 Å². The Hall–Kier alpha value is -2.10. The fourth-order valence-electron chi connectivity index (χ4n) is 1.56. The first-order valence-electron chi connectivity index (χ1n) is 5.89. The van der Waals surface area contributed by atoms with Crippen molar-refractivity contribution >= 4 is 11.6 Å². The van der Waals surface area contributed by atoms with Gasteiger partial charge in [-0.1, -0.05) is 39.0 Å². The van der Waals surface area contributed by atoms with Gasteiger partial charge in [-0.3, -0.25) is 9.78 Å². The maximum absolute atomic E-state index is 11.6. The van der Waals surface area contributed by atoms with E-state index in [-0.39, 0.29) is 11.0 Å². The van der Waals surface area contributed by atoms with Gasteiger partial charge in [0, 0.05) is 17.2 Å². The summed E-state index contributed by atoms with van der Waals surface area (Å²) in [6, 6.07) is 11.2. The number of aromatic amines is 1. The molecule has 1 aromatic heterocycles. The number of anilines is 2. The van der Waals surface area contributed by atoms with Crippen LogP contribution in [0.15, 0.2) is 41.2 Å². The summed E-state index contributed by atoms with van der Waals surface area (Å²) in [5.74, 6) is 0.471. The van der Waals surface area contributed by atoms with Crippen molar-refractivity contribution in [2.24, 2.45) is 0 Å². The molecule has 0 aliphatic rings. The molecule has 0 fully saturated rings. The van der Waals surface area contributed by atoms with Crippen molar-refractivity contribution in [3.63, 3.8) is 0 Å². The predicted octanol–water partition coefficient (Wildman–Crippen LogP) is 2.81. The van der Waals surface area contributed by atoms with Crippen molar-refractivity contribution in [1.29, 1.82) is 0 Å². The largest absolute Gasteiger partial charge is 0.326 e. The molecule has 2 rings (SSSR count). The molecule has 0 unspecified atom stereocenters. The van der Waals surface area contributed by atoms with E-state index in [2.05, 4.69) is 15.3 Å². The summed E-state index contributed by atoms with van der Waals surface area (Å²) in [4.78, 5) is 18.7. The minimum absolute atomic E-state index is 0.145. The van der Waals surface area contributed by atoms with Crippen molar-refractivity contribution in [2.45, 2.75) is 26.2 Å². The van der Waals surface area contributed by atoms with Gasteiger partial charge in [0.15, 0.2) is 0 Å². The van der Waals surface area contributed by atoms with Gasteiger partial charge in [-0.15, -0.1) is 0 Å². The van der Waals surface area contributed by atoms with Gasteiger partial charge in [-0.2, -0.15) is 0 Å². The fraction of sp³-hybridized carbons (Fsp3) is 0.286. The average molecular weight is 243 g/mol. The second-order valence-electron chi connectivity index (χ2n) is 5.22. The van der Waals surface area contributed by atoms with Crippen LogP contribution in [0.3, 0.4) is 0 Å². The average Bonchev–Trinajstić information content (AvgIpc) is 2.28. The van der Waals surface area contributed by atoms with Crippen LogP contribution in [-0.4, -0.2) is 9.97 Å². The number of hydrogen-bond acceptors (Lipinski definition) is 3. The Morgan fingerprint density at radius 3 is 2.44 bits per heavy atom. The Balaban J connectivity index is 2.35. The van der Waals surface area contributed by atoms with Crippen molar-refractivity contribution in [3.05, 3.63) is 52.4 Å². The molecule has 4 heteroatoms. The lowest BCUT2D eigenvalue weighted by molar-refractivity contribution is 0.567. The normalized spacial score (nSPS) is 11.3. The third-order valence-electron chi connectivity index (χ3n) is 2.55. The van der Waals surface area contributed by atoms with Crippen LogP contribution in [0.1, 0.15) is 26.5 Å². The Morgan fingerprint density at radius 1 is 1.17 bits per heavy atom. The number of H-pyrrole nitrogens is 1. The Morgan fingerprint density at radius 2 is 1.83 bits per heavy atom. The monoisotopic (exact) mass is 243 g/mol. The van der Waals surface area contributed by atoms with Crippen LogP contribution in [0.25, 0.3) is 0 Å². The Bertz CT molecular complexity index is 582. The van der Waals surface area contributed by atoms with Crippen LogP contribution in [0.5, 0.6) is 0 Å². The van der Waals surface area contributed by atoms with E-state index in [9.17, 15) is 4.79 Å². The topological polar surface area (TPSA) is 57.8 Å². The number of rotatable bonds is 2. The highest BCUT2D eigenvalue weighted by atomic mass is 16.1. The fourth-order valence-corrected chi connectivity index (χ4v) is 1.56. The standard InChI is InChI=1S/C14H17N3O/c1-14(2,3)11-9-12(18)17-13(16-11)15-10-7-5-4-6-8-10/h4-9H,1-3H3,(H2,15,16,17,18). The second kappa shape index (κ2) is 4.64. The summed E-state index contributed by atoms with van der Waals surface area (Å²) >= 11 is 0. The zero-order valence-electron chi connectivity index (χ0n) is 10.8. The summed E-state index contributed by atoms with van der Waals surface area (Å²) < 4.78 is 0. The maximum Gasteiger partial charge on any atom is 0.252 e. The zero-order valence-corrected chi connectivity index (χ0v) is 10.8. The molecule has 0 amide bonds. The van der Waals surface area contributed by atoms with E-state index in [4.69, 9.17) is 0 Å². The van der Waals surface area contributed by atoms with Gasteiger partial charge in [-0.25, -0.2) is 4.98 Å². The third kappa shape index (κ3) is 2.97. The van der Waals surface area contributed by atoms with E-state index >= 15 is 0 Å². The van der Waals surface area contributed by atoms with Gasteiger partial charge in [0.05, 0.1) is 5.69 Å². The first kappa shape index (κ1) is 12.4. The van der Waals surface area contributed by atoms with Crippen LogP contribution in [0, 0.1) is 0 Å². The second-order valence-corrected chi connectivity index (χ2v) is 5.22. The minimum atomic E-state index is -0.151. The maximum atomic E-state index is 11.6. The highest BCUT2D eigenvalue weighted by Crippen LogP contribution is 2.20. The van der Waals surface area contributed by atoms with E-state index in [1.165, 1.54) is 6.07 Å². The molecule has 94 valence electrons. The molecular weight excluding hydrogens is 226 g/mol. The molecule has 0 atom stereocenters. The molecule has 4 nitrogen and oxygen atoms in total. The quantitative estimate of drug-likeness (QED) is 0.852. The number of aromatic nitrogens is 2. The van der Waals surface area contributed by atoms with Crippen molar-refractivity contribution in [3.8, 4) is 0 Å². The van der Waals surface area contributed by atoms with Gasteiger partial charge in [0.2, 0.25) is 5.95 Å². The van der Waals surface area contributed by atoms with Gasteiger partial charge in [0.1, 0.15) is 0 Å². The molecule has 1 aromatic carbocycles. The Kier molecular flexibility index (Phi) is 3.19. The molecule has 1 heterocycles.